The van der Waals surface area contributed by atoms with Crippen molar-refractivity contribution in [2.24, 2.45) is 0 Å². The highest BCUT2D eigenvalue weighted by Gasteiger charge is 2.01. The number of nitrogens with zero attached hydrogens (tertiary/aromatic N) is 2. The largest absolute Gasteiger partial charge is 0.465 e. The number of nitrogens with one attached hydrogen (secondary N) is 1. The fraction of sp³-hybridized carbons (Fsp3) is 0.308. The molecule has 0 saturated heterocycles. The summed E-state index contributed by atoms with van der Waals surface area (Å²) in [7, 11) is 0. The maximum Gasteiger partial charge on any atom is 0.404 e. The van der Waals surface area contributed by atoms with Gasteiger partial charge in [-0.2, -0.15) is 0 Å². The molecule has 0 saturated carbocycles. The van der Waals surface area contributed by atoms with Crippen molar-refractivity contribution >= 4 is 17.1 Å². The molecule has 0 aliphatic carbocycles. The van der Waals surface area contributed by atoms with E-state index in [9.17, 15) is 4.79 Å². The summed E-state index contributed by atoms with van der Waals surface area (Å²) in [6.07, 6.45) is 2.07. The Hall–Kier alpha value is -2.21. The fourth-order valence-corrected chi connectivity index (χ4v) is 1.81. The molecule has 0 unspecified atom stereocenters. The van der Waals surface area contributed by atoms with Gasteiger partial charge in [0.2, 0.25) is 0 Å². The van der Waals surface area contributed by atoms with E-state index in [1.807, 2.05) is 18.2 Å². The van der Waals surface area contributed by atoms with Gasteiger partial charge in [-0.3, -0.25) is 4.98 Å². The lowest BCUT2D eigenvalue weighted by atomic mass is 10.1. The molecule has 0 radical (unpaired) electrons. The second kappa shape index (κ2) is 6.10. The van der Waals surface area contributed by atoms with Crippen LogP contribution in [-0.2, 0) is 13.0 Å². The van der Waals surface area contributed by atoms with Gasteiger partial charge < -0.3 is 15.5 Å². The molecule has 6 nitrogen and oxygen atoms in total. The van der Waals surface area contributed by atoms with Crippen molar-refractivity contribution in [1.82, 2.24) is 15.3 Å². The van der Waals surface area contributed by atoms with Crippen LogP contribution in [-0.4, -0.2) is 32.8 Å². The second-order valence-corrected chi connectivity index (χ2v) is 4.18. The van der Waals surface area contributed by atoms with E-state index in [1.165, 1.54) is 0 Å². The van der Waals surface area contributed by atoms with E-state index in [0.717, 1.165) is 29.4 Å². The molecule has 0 spiro atoms. The van der Waals surface area contributed by atoms with Crippen molar-refractivity contribution in [2.45, 2.75) is 19.4 Å². The quantitative estimate of drug-likeness (QED) is 0.705. The van der Waals surface area contributed by atoms with Gasteiger partial charge in [0.15, 0.2) is 0 Å². The molecule has 19 heavy (non-hydrogen) atoms. The summed E-state index contributed by atoms with van der Waals surface area (Å²) in [5, 5.41) is 19.8. The van der Waals surface area contributed by atoms with E-state index >= 15 is 0 Å². The topological polar surface area (TPSA) is 95.3 Å². The zero-order valence-corrected chi connectivity index (χ0v) is 10.3. The molecule has 0 aliphatic heterocycles. The number of aromatic nitrogens is 2. The zero-order chi connectivity index (χ0) is 13.7. The number of aliphatic hydroxyl groups excluding tert-OH is 1. The van der Waals surface area contributed by atoms with Crippen LogP contribution in [0.25, 0.3) is 11.0 Å². The summed E-state index contributed by atoms with van der Waals surface area (Å²) >= 11 is 0. The first-order valence-corrected chi connectivity index (χ1v) is 6.01. The van der Waals surface area contributed by atoms with Crippen molar-refractivity contribution in [3.63, 3.8) is 0 Å². The normalized spacial score (nSPS) is 10.6. The Bertz CT molecular complexity index is 586. The molecule has 2 rings (SSSR count). The summed E-state index contributed by atoms with van der Waals surface area (Å²) in [6, 6.07) is 5.74. The summed E-state index contributed by atoms with van der Waals surface area (Å²) in [5.74, 6) is 0. The molecule has 1 aromatic heterocycles. The van der Waals surface area contributed by atoms with Crippen LogP contribution >= 0.6 is 0 Å². The number of carboxylic acid groups (broad SMARTS) is 1. The highest BCUT2D eigenvalue weighted by Crippen LogP contribution is 2.13. The average molecular weight is 261 g/mol. The van der Waals surface area contributed by atoms with Gasteiger partial charge in [0.25, 0.3) is 0 Å². The Kier molecular flexibility index (Phi) is 4.25. The highest BCUT2D eigenvalue weighted by atomic mass is 16.4. The maximum absolute atomic E-state index is 10.3. The number of hydrogen-bond acceptors (Lipinski definition) is 4. The van der Waals surface area contributed by atoms with Crippen LogP contribution < -0.4 is 5.32 Å². The Balaban J connectivity index is 2.03. The van der Waals surface area contributed by atoms with Crippen LogP contribution in [0.15, 0.2) is 24.4 Å². The first-order chi connectivity index (χ1) is 9.19. The van der Waals surface area contributed by atoms with E-state index in [2.05, 4.69) is 15.3 Å². The standard InChI is InChI=1S/C13H15N3O3/c17-8-10-7-15-12-6-9(3-4-11(12)16-10)2-1-5-14-13(18)19/h3-4,6-7,14,17H,1-2,5,8H2,(H,18,19). The molecule has 1 heterocycles. The number of fused-ring (bicyclic) bond motifs is 1. The monoisotopic (exact) mass is 261 g/mol. The summed E-state index contributed by atoms with van der Waals surface area (Å²) in [4.78, 5) is 18.8. The van der Waals surface area contributed by atoms with Gasteiger partial charge in [-0.1, -0.05) is 6.07 Å². The van der Waals surface area contributed by atoms with Gasteiger partial charge in [0.05, 0.1) is 29.5 Å². The van der Waals surface area contributed by atoms with Crippen LogP contribution in [0.5, 0.6) is 0 Å². The summed E-state index contributed by atoms with van der Waals surface area (Å²) < 4.78 is 0. The summed E-state index contributed by atoms with van der Waals surface area (Å²) in [5.41, 5.74) is 3.16. The average Bonchev–Trinajstić information content (AvgIpc) is 2.42. The molecular formula is C13H15N3O3. The van der Waals surface area contributed by atoms with Gasteiger partial charge >= 0.3 is 6.09 Å². The summed E-state index contributed by atoms with van der Waals surface area (Å²) in [6.45, 7) is 0.314. The van der Waals surface area contributed by atoms with E-state index in [1.54, 1.807) is 6.20 Å². The van der Waals surface area contributed by atoms with Gasteiger partial charge in [-0.25, -0.2) is 9.78 Å². The molecule has 1 amide bonds. The third-order valence-corrected chi connectivity index (χ3v) is 2.74. The number of amides is 1. The minimum Gasteiger partial charge on any atom is -0.465 e. The smallest absolute Gasteiger partial charge is 0.404 e. The highest BCUT2D eigenvalue weighted by molar-refractivity contribution is 5.74. The predicted octanol–water partition coefficient (Wildman–Crippen LogP) is 1.32. The number of hydrogen-bond donors (Lipinski definition) is 3. The van der Waals surface area contributed by atoms with Crippen molar-refractivity contribution in [3.05, 3.63) is 35.7 Å². The van der Waals surface area contributed by atoms with Crippen LogP contribution in [0.4, 0.5) is 4.79 Å². The van der Waals surface area contributed by atoms with Crippen molar-refractivity contribution in [2.75, 3.05) is 6.54 Å². The third-order valence-electron chi connectivity index (χ3n) is 2.74. The number of rotatable bonds is 5. The fourth-order valence-electron chi connectivity index (χ4n) is 1.81. The van der Waals surface area contributed by atoms with E-state index in [0.29, 0.717) is 12.2 Å². The van der Waals surface area contributed by atoms with Gasteiger partial charge in [-0.15, -0.1) is 0 Å². The number of carbonyl (C=O) groups is 1. The molecule has 2 aromatic rings. The van der Waals surface area contributed by atoms with E-state index in [4.69, 9.17) is 10.2 Å². The Morgan fingerprint density at radius 3 is 2.89 bits per heavy atom. The maximum atomic E-state index is 10.3. The van der Waals surface area contributed by atoms with Crippen molar-refractivity contribution in [1.29, 1.82) is 0 Å². The minimum atomic E-state index is -0.999. The minimum absolute atomic E-state index is 0.119. The number of benzene rings is 1. The van der Waals surface area contributed by atoms with Gasteiger partial charge in [0, 0.05) is 6.54 Å². The molecule has 6 heteroatoms. The van der Waals surface area contributed by atoms with Crippen molar-refractivity contribution in [3.8, 4) is 0 Å². The Labute approximate surface area is 110 Å². The lowest BCUT2D eigenvalue weighted by molar-refractivity contribution is 0.194. The Morgan fingerprint density at radius 1 is 1.32 bits per heavy atom. The number of aliphatic hydroxyl groups is 1. The van der Waals surface area contributed by atoms with Gasteiger partial charge in [-0.05, 0) is 30.5 Å². The first-order valence-electron chi connectivity index (χ1n) is 6.01. The van der Waals surface area contributed by atoms with Crippen molar-refractivity contribution < 1.29 is 15.0 Å². The van der Waals surface area contributed by atoms with Crippen LogP contribution in [0, 0.1) is 0 Å². The molecule has 0 bridgehead atoms. The SMILES string of the molecule is O=C(O)NCCCc1ccc2nc(CO)cnc2c1. The molecule has 0 fully saturated rings. The lowest BCUT2D eigenvalue weighted by Crippen LogP contribution is -2.22. The van der Waals surface area contributed by atoms with Crippen LogP contribution in [0.1, 0.15) is 17.7 Å². The zero-order valence-electron chi connectivity index (χ0n) is 10.3. The molecule has 3 N–H and O–H groups in total. The molecular weight excluding hydrogens is 246 g/mol. The third kappa shape index (κ3) is 3.62. The molecule has 100 valence electrons. The molecule has 0 atom stereocenters. The predicted molar refractivity (Wildman–Crippen MR) is 69.8 cm³/mol. The lowest BCUT2D eigenvalue weighted by Gasteiger charge is -2.04. The van der Waals surface area contributed by atoms with E-state index in [-0.39, 0.29) is 6.61 Å². The first kappa shape index (κ1) is 13.2. The molecule has 0 aliphatic rings. The van der Waals surface area contributed by atoms with E-state index < -0.39 is 6.09 Å². The second-order valence-electron chi connectivity index (χ2n) is 4.18. The Morgan fingerprint density at radius 2 is 2.16 bits per heavy atom. The van der Waals surface area contributed by atoms with Crippen LogP contribution in [0.2, 0.25) is 0 Å². The molecule has 1 aromatic carbocycles. The van der Waals surface area contributed by atoms with Gasteiger partial charge in [0.1, 0.15) is 0 Å². The van der Waals surface area contributed by atoms with Crippen LogP contribution in [0.3, 0.4) is 0 Å². The number of aryl methyl sites for hydroxylation is 1.